The highest BCUT2D eigenvalue weighted by Crippen LogP contribution is 2.34. The highest BCUT2D eigenvalue weighted by Gasteiger charge is 2.45. The van der Waals surface area contributed by atoms with E-state index in [1.165, 1.54) is 0 Å². The van der Waals surface area contributed by atoms with E-state index in [1.807, 2.05) is 54.6 Å². The third kappa shape index (κ3) is 10.5. The Kier molecular flexibility index (Phi) is 13.7. The average molecular weight is 830 g/mol. The maximum Gasteiger partial charge on any atom is 0.266 e. The summed E-state index contributed by atoms with van der Waals surface area (Å²) in [5.41, 5.74) is 5.67. The Morgan fingerprint density at radius 1 is 0.770 bits per heavy atom. The number of anilines is 2. The van der Waals surface area contributed by atoms with E-state index in [9.17, 15) is 14.4 Å². The van der Waals surface area contributed by atoms with Crippen molar-refractivity contribution >= 4 is 29.4 Å². The minimum absolute atomic E-state index is 0.188. The van der Waals surface area contributed by atoms with E-state index in [4.69, 9.17) is 28.7 Å². The van der Waals surface area contributed by atoms with Crippen molar-refractivity contribution in [1.29, 1.82) is 0 Å². The van der Waals surface area contributed by atoms with Gasteiger partial charge in [0, 0.05) is 68.0 Å². The molecule has 1 aromatic heterocycles. The Hall–Kier alpha value is -5.97. The normalized spacial score (nSPS) is 19.3. The fourth-order valence-corrected chi connectivity index (χ4v) is 7.77. The van der Waals surface area contributed by atoms with Crippen LogP contribution in [0.25, 0.3) is 11.3 Å². The Labute approximate surface area is 355 Å². The number of carbonyl (C=O) groups is 3. The summed E-state index contributed by atoms with van der Waals surface area (Å²) >= 11 is 0. The van der Waals surface area contributed by atoms with E-state index in [-0.39, 0.29) is 17.7 Å². The molecule has 0 aliphatic carbocycles. The molecule has 1 unspecified atom stereocenters. The summed E-state index contributed by atoms with van der Waals surface area (Å²) in [5, 5.41) is 6.01. The number of piperidine rings is 1. The van der Waals surface area contributed by atoms with Gasteiger partial charge in [-0.1, -0.05) is 43.0 Å². The summed E-state index contributed by atoms with van der Waals surface area (Å²) < 4.78 is 30.0. The standard InChI is InChI=1S/C46H51N7O8/c1-32-10-12-39(43(54)48-32)53-44(55)37-8-5-9-41(42(37)45(53)56)61-27-26-57-24-20-51-16-18-52(19-17-51)21-25-60-40-13-11-36-29-35(40)31-59-23-3-2-22-58-30-33-6-4-7-34(28-33)38-14-15-47-46(49-36)50-38/h2-9,11,13-15,28-29,39H,1,10,12,16-27,30-31H2,(H,48,54)(H,47,49,50)/b3-2+. The van der Waals surface area contributed by atoms with Gasteiger partial charge in [0.15, 0.2) is 0 Å². The predicted octanol–water partition coefficient (Wildman–Crippen LogP) is 4.97. The van der Waals surface area contributed by atoms with Crippen LogP contribution in [-0.2, 0) is 32.2 Å². The summed E-state index contributed by atoms with van der Waals surface area (Å²) in [6.07, 6.45) is 6.55. The summed E-state index contributed by atoms with van der Waals surface area (Å²) in [6, 6.07) is 20.1. The lowest BCUT2D eigenvalue weighted by atomic mass is 10.0. The summed E-state index contributed by atoms with van der Waals surface area (Å²) in [6.45, 7) is 12.5. The Bertz CT molecular complexity index is 2260. The lowest BCUT2D eigenvalue weighted by molar-refractivity contribution is -0.125. The third-order valence-corrected chi connectivity index (χ3v) is 11.0. The number of ether oxygens (including phenoxy) is 5. The first-order valence-electron chi connectivity index (χ1n) is 20.8. The first kappa shape index (κ1) is 41.8. The molecule has 6 bridgehead atoms. The molecule has 15 nitrogen and oxygen atoms in total. The van der Waals surface area contributed by atoms with E-state index in [0.717, 1.165) is 78.0 Å². The molecule has 4 aliphatic rings. The van der Waals surface area contributed by atoms with Crippen LogP contribution in [-0.4, -0.2) is 127 Å². The zero-order valence-electron chi connectivity index (χ0n) is 34.2. The van der Waals surface area contributed by atoms with Crippen molar-refractivity contribution in [2.45, 2.75) is 32.1 Å². The molecule has 2 saturated heterocycles. The van der Waals surface area contributed by atoms with Crippen molar-refractivity contribution in [1.82, 2.24) is 30.0 Å². The third-order valence-electron chi connectivity index (χ3n) is 11.0. The minimum Gasteiger partial charge on any atom is -0.492 e. The number of rotatable bonds is 12. The fraction of sp³-hybridized carbons (Fsp3) is 0.370. The zero-order valence-corrected chi connectivity index (χ0v) is 34.2. The molecule has 3 amide bonds. The Morgan fingerprint density at radius 2 is 1.54 bits per heavy atom. The van der Waals surface area contributed by atoms with Crippen molar-refractivity contribution in [2.24, 2.45) is 0 Å². The summed E-state index contributed by atoms with van der Waals surface area (Å²) in [5.74, 6) is 0.177. The van der Waals surface area contributed by atoms with Gasteiger partial charge in [0.2, 0.25) is 11.9 Å². The number of benzene rings is 3. The average Bonchev–Trinajstić information content (AvgIpc) is 3.52. The lowest BCUT2D eigenvalue weighted by Crippen LogP contribution is -2.51. The molecule has 61 heavy (non-hydrogen) atoms. The second-order valence-corrected chi connectivity index (χ2v) is 15.2. The van der Waals surface area contributed by atoms with Gasteiger partial charge in [0.1, 0.15) is 30.8 Å². The van der Waals surface area contributed by atoms with Gasteiger partial charge in [0.05, 0.1) is 56.5 Å². The van der Waals surface area contributed by atoms with Crippen LogP contribution in [0.2, 0.25) is 0 Å². The smallest absolute Gasteiger partial charge is 0.266 e. The van der Waals surface area contributed by atoms with Gasteiger partial charge in [0.25, 0.3) is 11.8 Å². The van der Waals surface area contributed by atoms with Crippen LogP contribution in [0.1, 0.15) is 44.7 Å². The van der Waals surface area contributed by atoms with E-state index >= 15 is 0 Å². The van der Waals surface area contributed by atoms with Crippen LogP contribution in [0.5, 0.6) is 11.5 Å². The van der Waals surface area contributed by atoms with Gasteiger partial charge in [-0.15, -0.1) is 0 Å². The van der Waals surface area contributed by atoms with Crippen LogP contribution < -0.4 is 20.1 Å². The molecule has 5 heterocycles. The molecular formula is C46H51N7O8. The molecule has 8 rings (SSSR count). The molecule has 2 fully saturated rings. The first-order chi connectivity index (χ1) is 29.9. The van der Waals surface area contributed by atoms with E-state index < -0.39 is 23.8 Å². The van der Waals surface area contributed by atoms with Gasteiger partial charge < -0.3 is 34.3 Å². The number of allylic oxidation sites excluding steroid dienone is 1. The second kappa shape index (κ2) is 20.1. The quantitative estimate of drug-likeness (QED) is 0.112. The van der Waals surface area contributed by atoms with Crippen molar-refractivity contribution in [3.63, 3.8) is 0 Å². The number of fused-ring (bicyclic) bond motifs is 8. The van der Waals surface area contributed by atoms with Gasteiger partial charge in [-0.2, -0.15) is 0 Å². The molecular weight excluding hydrogens is 779 g/mol. The summed E-state index contributed by atoms with van der Waals surface area (Å²) in [4.78, 5) is 54.1. The fourth-order valence-electron chi connectivity index (χ4n) is 7.77. The monoisotopic (exact) mass is 829 g/mol. The lowest BCUT2D eigenvalue weighted by Gasteiger charge is -2.34. The van der Waals surface area contributed by atoms with Crippen LogP contribution in [0.4, 0.5) is 11.6 Å². The summed E-state index contributed by atoms with van der Waals surface area (Å²) in [7, 11) is 0. The van der Waals surface area contributed by atoms with Gasteiger partial charge >= 0.3 is 0 Å². The van der Waals surface area contributed by atoms with Crippen LogP contribution >= 0.6 is 0 Å². The number of amides is 3. The number of imide groups is 1. The molecule has 4 aliphatic heterocycles. The highest BCUT2D eigenvalue weighted by molar-refractivity contribution is 6.24. The molecule has 318 valence electrons. The molecule has 4 aromatic rings. The second-order valence-electron chi connectivity index (χ2n) is 15.2. The number of nitrogens with zero attached hydrogens (tertiary/aromatic N) is 5. The van der Waals surface area contributed by atoms with E-state index in [2.05, 4.69) is 38.1 Å². The predicted molar refractivity (Wildman–Crippen MR) is 228 cm³/mol. The van der Waals surface area contributed by atoms with Gasteiger partial charge in [-0.25, -0.2) is 9.97 Å². The Morgan fingerprint density at radius 3 is 2.36 bits per heavy atom. The topological polar surface area (TPSA) is 157 Å². The molecule has 0 spiro atoms. The number of hydrogen-bond donors (Lipinski definition) is 2. The van der Waals surface area contributed by atoms with Crippen LogP contribution in [0, 0.1) is 0 Å². The van der Waals surface area contributed by atoms with Crippen molar-refractivity contribution in [2.75, 3.05) is 84.2 Å². The van der Waals surface area contributed by atoms with Crippen molar-refractivity contribution in [3.8, 4) is 22.8 Å². The molecule has 2 N–H and O–H groups in total. The highest BCUT2D eigenvalue weighted by atomic mass is 16.5. The van der Waals surface area contributed by atoms with Crippen molar-refractivity contribution in [3.05, 3.63) is 120 Å². The largest absolute Gasteiger partial charge is 0.492 e. The molecule has 0 saturated carbocycles. The zero-order chi connectivity index (χ0) is 42.0. The Balaban J connectivity index is 0.762. The molecule has 1 atom stereocenters. The number of carbonyl (C=O) groups excluding carboxylic acids is 3. The maximum atomic E-state index is 13.4. The van der Waals surface area contributed by atoms with Gasteiger partial charge in [-0.05, 0) is 60.9 Å². The number of hydrogen-bond acceptors (Lipinski definition) is 13. The SMILES string of the molecule is C=C1CCC(N2C(=O)c3cccc(OCCOCCN4CCN(CCOc5ccc6cc5COC/C=C/COCc5cccc(c5)-c5ccnc(n5)N6)CC4)c3C2=O)C(=O)N1. The van der Waals surface area contributed by atoms with E-state index in [1.54, 1.807) is 24.4 Å². The number of piperazine rings is 1. The molecule has 0 radical (unpaired) electrons. The number of nitrogens with one attached hydrogen (secondary N) is 2. The van der Waals surface area contributed by atoms with Crippen molar-refractivity contribution < 1.29 is 38.1 Å². The first-order valence-corrected chi connectivity index (χ1v) is 20.8. The maximum absolute atomic E-state index is 13.4. The number of aromatic nitrogens is 2. The minimum atomic E-state index is -0.872. The van der Waals surface area contributed by atoms with Crippen LogP contribution in [0.15, 0.2) is 97.4 Å². The van der Waals surface area contributed by atoms with Crippen LogP contribution in [0.3, 0.4) is 0 Å². The van der Waals surface area contributed by atoms with Gasteiger partial charge in [-0.3, -0.25) is 29.1 Å². The van der Waals surface area contributed by atoms with E-state index in [0.29, 0.717) is 76.5 Å². The molecule has 15 heteroatoms. The molecule has 3 aromatic carbocycles.